The molecule has 2 aromatic rings. The van der Waals surface area contributed by atoms with Gasteiger partial charge < -0.3 is 10.6 Å². The van der Waals surface area contributed by atoms with Crippen molar-refractivity contribution in [1.82, 2.24) is 10.6 Å². The number of nitrogens with zero attached hydrogens (tertiary/aromatic N) is 1. The van der Waals surface area contributed by atoms with Crippen LogP contribution in [0, 0.1) is 10.1 Å². The first-order chi connectivity index (χ1) is 12.4. The fourth-order valence-corrected chi connectivity index (χ4v) is 2.18. The lowest BCUT2D eigenvalue weighted by atomic mass is 10.1. The molecule has 0 aliphatic heterocycles. The van der Waals surface area contributed by atoms with Crippen LogP contribution in [0.25, 0.3) is 6.08 Å². The van der Waals surface area contributed by atoms with Crippen LogP contribution < -0.4 is 10.6 Å². The number of nitrogens with one attached hydrogen (secondary N) is 2. The molecule has 0 heterocycles. The normalized spacial score (nSPS) is 11.1. The highest BCUT2D eigenvalue weighted by atomic mass is 16.6. The molecule has 0 radical (unpaired) electrons. The molecule has 0 aromatic heterocycles. The van der Waals surface area contributed by atoms with Gasteiger partial charge in [-0.15, -0.1) is 0 Å². The van der Waals surface area contributed by atoms with Crippen molar-refractivity contribution < 1.29 is 14.5 Å². The van der Waals surface area contributed by atoms with Crippen LogP contribution in [0.3, 0.4) is 0 Å². The van der Waals surface area contributed by atoms with Crippen molar-refractivity contribution in [3.63, 3.8) is 0 Å². The Morgan fingerprint density at radius 2 is 1.77 bits per heavy atom. The Hall–Kier alpha value is -3.48. The Morgan fingerprint density at radius 1 is 1.08 bits per heavy atom. The van der Waals surface area contributed by atoms with Gasteiger partial charge in [0.05, 0.1) is 4.92 Å². The molecule has 2 rings (SSSR count). The number of rotatable bonds is 6. The average Bonchev–Trinajstić information content (AvgIpc) is 2.61. The van der Waals surface area contributed by atoms with Crippen molar-refractivity contribution in [2.24, 2.45) is 0 Å². The summed E-state index contributed by atoms with van der Waals surface area (Å²) >= 11 is 0. The Bertz CT molecular complexity index is 845. The highest BCUT2D eigenvalue weighted by Crippen LogP contribution is 2.15. The summed E-state index contributed by atoms with van der Waals surface area (Å²) in [5.74, 6) is -0.919. The van der Waals surface area contributed by atoms with E-state index in [1.807, 2.05) is 0 Å². The van der Waals surface area contributed by atoms with E-state index >= 15 is 0 Å². The molecule has 0 bridgehead atoms. The summed E-state index contributed by atoms with van der Waals surface area (Å²) in [7, 11) is 0. The number of hydrogen-bond donors (Lipinski definition) is 2. The minimum Gasteiger partial charge on any atom is -0.349 e. The van der Waals surface area contributed by atoms with Gasteiger partial charge in [0, 0.05) is 23.7 Å². The smallest absolute Gasteiger partial charge is 0.270 e. The van der Waals surface area contributed by atoms with E-state index in [1.165, 1.54) is 24.3 Å². The van der Waals surface area contributed by atoms with Crippen LogP contribution in [0.2, 0.25) is 0 Å². The molecule has 0 atom stereocenters. The molecular weight excluding hydrogens is 334 g/mol. The van der Waals surface area contributed by atoms with E-state index in [0.717, 1.165) is 0 Å². The molecule has 2 N–H and O–H groups in total. The molecule has 7 nitrogen and oxygen atoms in total. The first-order valence-corrected chi connectivity index (χ1v) is 8.00. The molecule has 0 unspecified atom stereocenters. The predicted molar refractivity (Wildman–Crippen MR) is 98.3 cm³/mol. The minimum absolute atomic E-state index is 0.00745. The maximum atomic E-state index is 12.4. The summed E-state index contributed by atoms with van der Waals surface area (Å²) in [4.78, 5) is 35.2. The molecule has 0 saturated heterocycles. The van der Waals surface area contributed by atoms with Gasteiger partial charge in [-0.05, 0) is 37.6 Å². The molecule has 0 fully saturated rings. The second-order valence-corrected chi connectivity index (χ2v) is 5.86. The summed E-state index contributed by atoms with van der Waals surface area (Å²) in [6.07, 6.45) is 1.41. The summed E-state index contributed by atoms with van der Waals surface area (Å²) in [5, 5.41) is 16.2. The standard InChI is InChI=1S/C19H19N3O4/c1-13(2)20-19(24)17(21-18(23)15-8-4-3-5-9-15)12-14-7-6-10-16(11-14)22(25)26/h3-13H,1-2H3,(H,20,24)(H,21,23)/b17-12-. The highest BCUT2D eigenvalue weighted by molar-refractivity contribution is 6.05. The molecule has 2 amide bonds. The lowest BCUT2D eigenvalue weighted by Gasteiger charge is -2.13. The number of carbonyl (C=O) groups excluding carboxylic acids is 2. The van der Waals surface area contributed by atoms with Crippen molar-refractivity contribution in [3.8, 4) is 0 Å². The fraction of sp³-hybridized carbons (Fsp3) is 0.158. The second-order valence-electron chi connectivity index (χ2n) is 5.86. The van der Waals surface area contributed by atoms with Crippen LogP contribution in [-0.4, -0.2) is 22.8 Å². The van der Waals surface area contributed by atoms with Crippen LogP contribution in [0.4, 0.5) is 5.69 Å². The molecular formula is C19H19N3O4. The molecule has 134 valence electrons. The van der Waals surface area contributed by atoms with E-state index in [2.05, 4.69) is 10.6 Å². The van der Waals surface area contributed by atoms with E-state index in [4.69, 9.17) is 0 Å². The number of nitro groups is 1. The van der Waals surface area contributed by atoms with Crippen LogP contribution >= 0.6 is 0 Å². The maximum Gasteiger partial charge on any atom is 0.270 e. The summed E-state index contributed by atoms with van der Waals surface area (Å²) in [5.41, 5.74) is 0.737. The van der Waals surface area contributed by atoms with Crippen molar-refractivity contribution in [2.75, 3.05) is 0 Å². The van der Waals surface area contributed by atoms with E-state index in [1.54, 1.807) is 50.2 Å². The Kier molecular flexibility index (Phi) is 6.21. The number of carbonyl (C=O) groups is 2. The molecule has 0 saturated carbocycles. The molecule has 26 heavy (non-hydrogen) atoms. The zero-order valence-corrected chi connectivity index (χ0v) is 14.4. The number of non-ortho nitro benzene ring substituents is 1. The zero-order chi connectivity index (χ0) is 19.1. The highest BCUT2D eigenvalue weighted by Gasteiger charge is 2.16. The Balaban J connectivity index is 2.34. The van der Waals surface area contributed by atoms with Crippen LogP contribution in [0.5, 0.6) is 0 Å². The van der Waals surface area contributed by atoms with E-state index in [0.29, 0.717) is 11.1 Å². The molecule has 0 aliphatic rings. The van der Waals surface area contributed by atoms with Gasteiger partial charge in [0.15, 0.2) is 0 Å². The summed E-state index contributed by atoms with van der Waals surface area (Å²) in [6, 6.07) is 14.1. The third-order valence-electron chi connectivity index (χ3n) is 3.34. The summed E-state index contributed by atoms with van der Waals surface area (Å²) < 4.78 is 0. The third-order valence-corrected chi connectivity index (χ3v) is 3.34. The second kappa shape index (κ2) is 8.57. The molecule has 2 aromatic carbocycles. The van der Waals surface area contributed by atoms with Crippen LogP contribution in [0.1, 0.15) is 29.8 Å². The summed E-state index contributed by atoms with van der Waals surface area (Å²) in [6.45, 7) is 3.59. The van der Waals surface area contributed by atoms with Crippen molar-refractivity contribution >= 4 is 23.6 Å². The first kappa shape index (κ1) is 18.9. The molecule has 7 heteroatoms. The monoisotopic (exact) mass is 353 g/mol. The first-order valence-electron chi connectivity index (χ1n) is 8.00. The number of nitro benzene ring substituents is 1. The van der Waals surface area contributed by atoms with Gasteiger partial charge >= 0.3 is 0 Å². The van der Waals surface area contributed by atoms with Crippen molar-refractivity contribution in [2.45, 2.75) is 19.9 Å². The SMILES string of the molecule is CC(C)NC(=O)/C(=C/c1cccc([N+](=O)[O-])c1)NC(=O)c1ccccc1. The van der Waals surface area contributed by atoms with Gasteiger partial charge in [-0.1, -0.05) is 30.3 Å². The van der Waals surface area contributed by atoms with Crippen molar-refractivity contribution in [1.29, 1.82) is 0 Å². The van der Waals surface area contributed by atoms with Gasteiger partial charge in [-0.25, -0.2) is 0 Å². The van der Waals surface area contributed by atoms with Gasteiger partial charge in [0.25, 0.3) is 17.5 Å². The topological polar surface area (TPSA) is 101 Å². The predicted octanol–water partition coefficient (Wildman–Crippen LogP) is 2.89. The Morgan fingerprint density at radius 3 is 2.38 bits per heavy atom. The third kappa shape index (κ3) is 5.27. The number of benzene rings is 2. The van der Waals surface area contributed by atoms with Gasteiger partial charge in [-0.3, -0.25) is 19.7 Å². The van der Waals surface area contributed by atoms with Crippen LogP contribution in [-0.2, 0) is 4.79 Å². The zero-order valence-electron chi connectivity index (χ0n) is 14.4. The van der Waals surface area contributed by atoms with Gasteiger partial charge in [-0.2, -0.15) is 0 Å². The van der Waals surface area contributed by atoms with Crippen LogP contribution in [0.15, 0.2) is 60.3 Å². The lowest BCUT2D eigenvalue weighted by molar-refractivity contribution is -0.384. The largest absolute Gasteiger partial charge is 0.349 e. The molecule has 0 spiro atoms. The van der Waals surface area contributed by atoms with Crippen molar-refractivity contribution in [3.05, 3.63) is 81.5 Å². The minimum atomic E-state index is -0.520. The maximum absolute atomic E-state index is 12.4. The quantitative estimate of drug-likeness (QED) is 0.473. The number of amides is 2. The molecule has 0 aliphatic carbocycles. The van der Waals surface area contributed by atoms with E-state index < -0.39 is 16.7 Å². The van der Waals surface area contributed by atoms with E-state index in [9.17, 15) is 19.7 Å². The van der Waals surface area contributed by atoms with Gasteiger partial charge in [0.2, 0.25) is 0 Å². The Labute approximate surface area is 150 Å². The lowest BCUT2D eigenvalue weighted by Crippen LogP contribution is -2.38. The van der Waals surface area contributed by atoms with Gasteiger partial charge in [0.1, 0.15) is 5.70 Å². The number of hydrogen-bond acceptors (Lipinski definition) is 4. The average molecular weight is 353 g/mol. The fourth-order valence-electron chi connectivity index (χ4n) is 2.18. The van der Waals surface area contributed by atoms with E-state index in [-0.39, 0.29) is 17.4 Å².